The van der Waals surface area contributed by atoms with E-state index in [1.165, 1.54) is 12.1 Å². The fourth-order valence-electron chi connectivity index (χ4n) is 3.84. The van der Waals surface area contributed by atoms with Gasteiger partial charge in [-0.3, -0.25) is 9.78 Å². The van der Waals surface area contributed by atoms with Gasteiger partial charge in [0, 0.05) is 24.3 Å². The largest absolute Gasteiger partial charge is 0.361 e. The topological polar surface area (TPSA) is 59.2 Å². The molecule has 144 valence electrons. The molecule has 0 spiro atoms. The number of carbonyl (C=O) groups is 1. The molecular formula is C22H22FN3O2. The Bertz CT molecular complexity index is 978. The standard InChI is InChI=1S/C22H22FN3O2/c1-14-21(15(2)28-25-14)20-5-3-4-19(24-20)12-16-10-11-26(13-16)22(27)17-6-8-18(23)9-7-17/h3-9,16H,10-13H2,1-2H3. The number of rotatable bonds is 4. The van der Waals surface area contributed by atoms with Crippen LogP contribution in [0.5, 0.6) is 0 Å². The summed E-state index contributed by atoms with van der Waals surface area (Å²) in [6.07, 6.45) is 1.74. The normalized spacial score (nSPS) is 16.5. The number of hydrogen-bond donors (Lipinski definition) is 0. The van der Waals surface area contributed by atoms with Crippen LogP contribution in [0.1, 0.15) is 33.9 Å². The summed E-state index contributed by atoms with van der Waals surface area (Å²) in [5.41, 5.74) is 4.17. The van der Waals surface area contributed by atoms with E-state index in [1.54, 1.807) is 12.1 Å². The summed E-state index contributed by atoms with van der Waals surface area (Å²) in [6.45, 7) is 5.20. The molecule has 0 bridgehead atoms. The second-order valence-electron chi connectivity index (χ2n) is 7.33. The van der Waals surface area contributed by atoms with Gasteiger partial charge in [-0.25, -0.2) is 4.39 Å². The van der Waals surface area contributed by atoms with Crippen molar-refractivity contribution in [2.24, 2.45) is 5.92 Å². The highest BCUT2D eigenvalue weighted by Gasteiger charge is 2.27. The van der Waals surface area contributed by atoms with Crippen molar-refractivity contribution in [1.82, 2.24) is 15.0 Å². The molecule has 0 saturated carbocycles. The first kappa shape index (κ1) is 18.3. The molecule has 3 aromatic rings. The van der Waals surface area contributed by atoms with Gasteiger partial charge in [-0.2, -0.15) is 0 Å². The average molecular weight is 379 g/mol. The minimum Gasteiger partial charge on any atom is -0.361 e. The lowest BCUT2D eigenvalue weighted by Crippen LogP contribution is -2.29. The maximum absolute atomic E-state index is 13.1. The fourth-order valence-corrected chi connectivity index (χ4v) is 3.84. The smallest absolute Gasteiger partial charge is 0.253 e. The molecule has 2 aromatic heterocycles. The minimum absolute atomic E-state index is 0.0417. The molecule has 3 heterocycles. The molecule has 1 saturated heterocycles. The number of nitrogens with zero attached hydrogens (tertiary/aromatic N) is 3. The summed E-state index contributed by atoms with van der Waals surface area (Å²) in [7, 11) is 0. The monoisotopic (exact) mass is 379 g/mol. The van der Waals surface area contributed by atoms with Gasteiger partial charge in [0.2, 0.25) is 0 Å². The average Bonchev–Trinajstić information content (AvgIpc) is 3.28. The zero-order valence-electron chi connectivity index (χ0n) is 16.0. The van der Waals surface area contributed by atoms with Crippen LogP contribution in [0.25, 0.3) is 11.3 Å². The Kier molecular flexibility index (Phi) is 4.94. The molecular weight excluding hydrogens is 357 g/mol. The van der Waals surface area contributed by atoms with Gasteiger partial charge in [-0.1, -0.05) is 11.2 Å². The maximum Gasteiger partial charge on any atom is 0.253 e. The Balaban J connectivity index is 1.44. The lowest BCUT2D eigenvalue weighted by atomic mass is 10.0. The third kappa shape index (κ3) is 3.67. The Morgan fingerprint density at radius 2 is 2.00 bits per heavy atom. The molecule has 1 fully saturated rings. The van der Waals surface area contributed by atoms with E-state index in [-0.39, 0.29) is 11.7 Å². The van der Waals surface area contributed by atoms with E-state index in [2.05, 4.69) is 5.16 Å². The summed E-state index contributed by atoms with van der Waals surface area (Å²) in [4.78, 5) is 19.2. The van der Waals surface area contributed by atoms with Crippen molar-refractivity contribution in [3.63, 3.8) is 0 Å². The number of aryl methyl sites for hydroxylation is 2. The molecule has 6 heteroatoms. The van der Waals surface area contributed by atoms with Crippen molar-refractivity contribution in [2.75, 3.05) is 13.1 Å². The van der Waals surface area contributed by atoms with Gasteiger partial charge in [0.05, 0.1) is 17.0 Å². The summed E-state index contributed by atoms with van der Waals surface area (Å²) < 4.78 is 18.3. The summed E-state index contributed by atoms with van der Waals surface area (Å²) in [5.74, 6) is 0.746. The zero-order valence-corrected chi connectivity index (χ0v) is 16.0. The van der Waals surface area contributed by atoms with E-state index < -0.39 is 0 Å². The van der Waals surface area contributed by atoms with Crippen LogP contribution in [0.3, 0.4) is 0 Å². The molecule has 0 aliphatic carbocycles. The van der Waals surface area contributed by atoms with E-state index in [1.807, 2.05) is 36.9 Å². The minimum atomic E-state index is -0.333. The number of pyridine rings is 1. The molecule has 1 aromatic carbocycles. The molecule has 1 amide bonds. The summed E-state index contributed by atoms with van der Waals surface area (Å²) in [6, 6.07) is 11.7. The number of carbonyl (C=O) groups excluding carboxylic acids is 1. The molecule has 0 N–H and O–H groups in total. The molecule has 0 radical (unpaired) electrons. The van der Waals surface area contributed by atoms with Crippen LogP contribution in [-0.2, 0) is 6.42 Å². The second-order valence-corrected chi connectivity index (χ2v) is 7.33. The van der Waals surface area contributed by atoms with E-state index in [0.717, 1.165) is 41.2 Å². The first-order valence-electron chi connectivity index (χ1n) is 9.45. The maximum atomic E-state index is 13.1. The molecule has 4 rings (SSSR count). The number of likely N-dealkylation sites (tertiary alicyclic amines) is 1. The molecule has 5 nitrogen and oxygen atoms in total. The number of hydrogen-bond acceptors (Lipinski definition) is 4. The van der Waals surface area contributed by atoms with Crippen LogP contribution in [-0.4, -0.2) is 34.0 Å². The molecule has 1 unspecified atom stereocenters. The highest BCUT2D eigenvalue weighted by atomic mass is 19.1. The fraction of sp³-hybridized carbons (Fsp3) is 0.318. The lowest BCUT2D eigenvalue weighted by molar-refractivity contribution is 0.0787. The molecule has 1 aliphatic heterocycles. The predicted molar refractivity (Wildman–Crippen MR) is 103 cm³/mol. The summed E-state index contributed by atoms with van der Waals surface area (Å²) in [5, 5.41) is 4.01. The summed E-state index contributed by atoms with van der Waals surface area (Å²) >= 11 is 0. The Morgan fingerprint density at radius 3 is 2.71 bits per heavy atom. The second kappa shape index (κ2) is 7.54. The highest BCUT2D eigenvalue weighted by molar-refractivity contribution is 5.94. The number of halogens is 1. The van der Waals surface area contributed by atoms with Crippen LogP contribution in [0.15, 0.2) is 47.0 Å². The van der Waals surface area contributed by atoms with Crippen molar-refractivity contribution in [2.45, 2.75) is 26.7 Å². The van der Waals surface area contributed by atoms with Crippen molar-refractivity contribution < 1.29 is 13.7 Å². The van der Waals surface area contributed by atoms with Crippen molar-refractivity contribution in [3.05, 3.63) is 71.0 Å². The predicted octanol–water partition coefficient (Wildman–Crippen LogP) is 4.20. The lowest BCUT2D eigenvalue weighted by Gasteiger charge is -2.16. The first-order valence-corrected chi connectivity index (χ1v) is 9.45. The van der Waals surface area contributed by atoms with E-state index in [9.17, 15) is 9.18 Å². The van der Waals surface area contributed by atoms with Crippen LogP contribution in [0, 0.1) is 25.6 Å². The van der Waals surface area contributed by atoms with E-state index in [4.69, 9.17) is 9.51 Å². The van der Waals surface area contributed by atoms with Crippen LogP contribution >= 0.6 is 0 Å². The zero-order chi connectivity index (χ0) is 19.7. The van der Waals surface area contributed by atoms with Crippen LogP contribution in [0.4, 0.5) is 4.39 Å². The van der Waals surface area contributed by atoms with E-state index in [0.29, 0.717) is 24.6 Å². The number of amides is 1. The SMILES string of the molecule is Cc1noc(C)c1-c1cccc(CC2CCN(C(=O)c3ccc(F)cc3)C2)n1. The van der Waals surface area contributed by atoms with Crippen molar-refractivity contribution in [1.29, 1.82) is 0 Å². The quantitative estimate of drug-likeness (QED) is 0.682. The van der Waals surface area contributed by atoms with Gasteiger partial charge < -0.3 is 9.42 Å². The van der Waals surface area contributed by atoms with Crippen molar-refractivity contribution in [3.8, 4) is 11.3 Å². The van der Waals surface area contributed by atoms with Gasteiger partial charge in [-0.05, 0) is 69.0 Å². The van der Waals surface area contributed by atoms with Crippen LogP contribution < -0.4 is 0 Å². The molecule has 1 atom stereocenters. The highest BCUT2D eigenvalue weighted by Crippen LogP contribution is 2.27. The van der Waals surface area contributed by atoms with Crippen LogP contribution in [0.2, 0.25) is 0 Å². The van der Waals surface area contributed by atoms with Gasteiger partial charge in [0.1, 0.15) is 11.6 Å². The Labute approximate surface area is 163 Å². The van der Waals surface area contributed by atoms with Gasteiger partial charge in [-0.15, -0.1) is 0 Å². The Morgan fingerprint density at radius 1 is 1.21 bits per heavy atom. The molecule has 1 aliphatic rings. The third-order valence-corrected chi connectivity index (χ3v) is 5.26. The van der Waals surface area contributed by atoms with Gasteiger partial charge in [0.15, 0.2) is 0 Å². The first-order chi connectivity index (χ1) is 13.5. The van der Waals surface area contributed by atoms with Gasteiger partial charge in [0.25, 0.3) is 5.91 Å². The van der Waals surface area contributed by atoms with Crippen molar-refractivity contribution >= 4 is 5.91 Å². The number of benzene rings is 1. The van der Waals surface area contributed by atoms with E-state index >= 15 is 0 Å². The van der Waals surface area contributed by atoms with Gasteiger partial charge >= 0.3 is 0 Å². The Hall–Kier alpha value is -3.02. The number of aromatic nitrogens is 2. The third-order valence-electron chi connectivity index (χ3n) is 5.26. The molecule has 28 heavy (non-hydrogen) atoms.